The summed E-state index contributed by atoms with van der Waals surface area (Å²) in [6.45, 7) is 2.48. The van der Waals surface area contributed by atoms with Crippen LogP contribution in [0.4, 0.5) is 0 Å². The lowest BCUT2D eigenvalue weighted by molar-refractivity contribution is -0.177. The number of hydrogen-bond acceptors (Lipinski definition) is 5. The minimum atomic E-state index is -1.61. The van der Waals surface area contributed by atoms with Crippen molar-refractivity contribution in [3.63, 3.8) is 0 Å². The van der Waals surface area contributed by atoms with Gasteiger partial charge in [0.2, 0.25) is 17.7 Å². The summed E-state index contributed by atoms with van der Waals surface area (Å²) in [5, 5.41) is 20.9. The van der Waals surface area contributed by atoms with E-state index in [1.807, 2.05) is 0 Å². The number of rotatable bonds is 4. The summed E-state index contributed by atoms with van der Waals surface area (Å²) in [4.78, 5) is 35.9. The highest BCUT2D eigenvalue weighted by Gasteiger charge is 2.68. The van der Waals surface area contributed by atoms with Crippen molar-refractivity contribution in [2.45, 2.75) is 38.1 Å². The lowest BCUT2D eigenvalue weighted by Crippen LogP contribution is -2.74. The molecule has 0 spiro atoms. The van der Waals surface area contributed by atoms with Gasteiger partial charge in [0.05, 0.1) is 6.61 Å². The van der Waals surface area contributed by atoms with E-state index in [9.17, 15) is 19.5 Å². The summed E-state index contributed by atoms with van der Waals surface area (Å²) in [6.07, 6.45) is 0.484. The van der Waals surface area contributed by atoms with Gasteiger partial charge in [-0.2, -0.15) is 0 Å². The number of amides is 2. The molecule has 1 unspecified atom stereocenters. The Morgan fingerprint density at radius 2 is 2.20 bits per heavy atom. The molecule has 0 aliphatic carbocycles. The van der Waals surface area contributed by atoms with Gasteiger partial charge in [-0.05, 0) is 12.5 Å². The van der Waals surface area contributed by atoms with E-state index in [4.69, 9.17) is 9.84 Å². The van der Waals surface area contributed by atoms with Gasteiger partial charge in [-0.15, -0.1) is 0 Å². The summed E-state index contributed by atoms with van der Waals surface area (Å²) < 4.78 is 5.46. The van der Waals surface area contributed by atoms with E-state index in [1.54, 1.807) is 6.92 Å². The second-order valence-corrected chi connectivity index (χ2v) is 4.66. The molecule has 8 heteroatoms. The number of carboxylic acid groups (broad SMARTS) is 1. The molecule has 0 aromatic heterocycles. The summed E-state index contributed by atoms with van der Waals surface area (Å²) in [5.41, 5.74) is -1.61. The van der Waals surface area contributed by atoms with Crippen LogP contribution >= 0.6 is 0 Å². The second-order valence-electron chi connectivity index (χ2n) is 4.66. The minimum absolute atomic E-state index is 0.0289. The summed E-state index contributed by atoms with van der Waals surface area (Å²) in [6, 6.07) is -0.887. The van der Waals surface area contributed by atoms with E-state index in [-0.39, 0.29) is 12.2 Å². The molecule has 0 aromatic rings. The Kier molecular flexibility index (Phi) is 3.43. The monoisotopic (exact) mass is 284 g/mol. The molecule has 2 fully saturated rings. The van der Waals surface area contributed by atoms with Gasteiger partial charge in [0.1, 0.15) is 5.76 Å². The predicted molar refractivity (Wildman–Crippen MR) is 65.2 cm³/mol. The van der Waals surface area contributed by atoms with Crippen LogP contribution < -0.4 is 5.32 Å². The molecule has 0 radical (unpaired) electrons. The van der Waals surface area contributed by atoms with Gasteiger partial charge >= 0.3 is 5.97 Å². The van der Waals surface area contributed by atoms with Crippen LogP contribution in [0.3, 0.4) is 0 Å². The zero-order valence-corrected chi connectivity index (χ0v) is 11.1. The maximum Gasteiger partial charge on any atom is 0.337 e. The SMILES string of the molecule is CC[C@]1(C(=O)O)/C(=C/CO)O[C@@H]2C(NC(C)=O)C(=O)N21. The van der Waals surface area contributed by atoms with Crippen LogP contribution in [0.15, 0.2) is 11.8 Å². The molecule has 8 nitrogen and oxygen atoms in total. The second kappa shape index (κ2) is 4.78. The predicted octanol–water partition coefficient (Wildman–Crippen LogP) is -1.20. The highest BCUT2D eigenvalue weighted by atomic mass is 16.5. The van der Waals surface area contributed by atoms with Crippen molar-refractivity contribution < 1.29 is 29.3 Å². The number of carboxylic acids is 1. The van der Waals surface area contributed by atoms with Crippen molar-refractivity contribution in [2.24, 2.45) is 0 Å². The fraction of sp³-hybridized carbons (Fsp3) is 0.583. The molecular weight excluding hydrogens is 268 g/mol. The zero-order valence-electron chi connectivity index (χ0n) is 11.1. The number of nitrogens with zero attached hydrogens (tertiary/aromatic N) is 1. The molecule has 110 valence electrons. The molecule has 2 aliphatic rings. The lowest BCUT2D eigenvalue weighted by Gasteiger charge is -2.45. The van der Waals surface area contributed by atoms with Crippen LogP contribution in [0, 0.1) is 0 Å². The average molecular weight is 284 g/mol. The smallest absolute Gasteiger partial charge is 0.337 e. The Hall–Kier alpha value is -2.09. The van der Waals surface area contributed by atoms with E-state index < -0.39 is 42.2 Å². The molecule has 0 bridgehead atoms. The van der Waals surface area contributed by atoms with Crippen molar-refractivity contribution in [3.05, 3.63) is 11.8 Å². The van der Waals surface area contributed by atoms with Crippen molar-refractivity contribution in [2.75, 3.05) is 6.61 Å². The number of hydrogen-bond donors (Lipinski definition) is 3. The average Bonchev–Trinajstić information content (AvgIpc) is 2.68. The topological polar surface area (TPSA) is 116 Å². The molecule has 0 aromatic carbocycles. The number of aliphatic hydroxyl groups excluding tert-OH is 1. The van der Waals surface area contributed by atoms with Gasteiger partial charge in [0.15, 0.2) is 6.04 Å². The molecular formula is C12H16N2O6. The van der Waals surface area contributed by atoms with Crippen LogP contribution in [0.2, 0.25) is 0 Å². The molecule has 0 saturated carbocycles. The van der Waals surface area contributed by atoms with E-state index in [2.05, 4.69) is 5.32 Å². The number of fused-ring (bicyclic) bond motifs is 1. The maximum atomic E-state index is 12.1. The third-order valence-corrected chi connectivity index (χ3v) is 3.61. The maximum absolute atomic E-state index is 12.1. The number of ether oxygens (including phenoxy) is 1. The van der Waals surface area contributed by atoms with Crippen molar-refractivity contribution in [3.8, 4) is 0 Å². The molecule has 3 N–H and O–H groups in total. The Bertz CT molecular complexity index is 502. The molecule has 20 heavy (non-hydrogen) atoms. The van der Waals surface area contributed by atoms with Crippen LogP contribution in [-0.2, 0) is 19.1 Å². The normalized spacial score (nSPS) is 33.5. The van der Waals surface area contributed by atoms with E-state index in [0.29, 0.717) is 0 Å². The third kappa shape index (κ3) is 1.68. The van der Waals surface area contributed by atoms with Crippen molar-refractivity contribution in [1.82, 2.24) is 10.2 Å². The molecule has 2 amide bonds. The molecule has 2 aliphatic heterocycles. The first kappa shape index (κ1) is 14.3. The highest BCUT2D eigenvalue weighted by molar-refractivity contribution is 5.99. The Labute approximate surface area is 115 Å². The van der Waals surface area contributed by atoms with Crippen LogP contribution in [0.5, 0.6) is 0 Å². The molecule has 2 saturated heterocycles. The fourth-order valence-corrected chi connectivity index (χ4v) is 2.69. The lowest BCUT2D eigenvalue weighted by atomic mass is 9.87. The van der Waals surface area contributed by atoms with Gasteiger partial charge in [0, 0.05) is 6.92 Å². The largest absolute Gasteiger partial charge is 0.479 e. The Morgan fingerprint density at radius 3 is 2.65 bits per heavy atom. The zero-order chi connectivity index (χ0) is 15.1. The first-order valence-electron chi connectivity index (χ1n) is 6.22. The van der Waals surface area contributed by atoms with Crippen LogP contribution in [0.1, 0.15) is 20.3 Å². The van der Waals surface area contributed by atoms with Crippen LogP contribution in [0.25, 0.3) is 0 Å². The number of aliphatic hydroxyl groups is 1. The summed E-state index contributed by atoms with van der Waals surface area (Å²) >= 11 is 0. The van der Waals surface area contributed by atoms with Gasteiger partial charge in [-0.3, -0.25) is 14.5 Å². The third-order valence-electron chi connectivity index (χ3n) is 3.61. The minimum Gasteiger partial charge on any atom is -0.479 e. The molecule has 2 heterocycles. The van der Waals surface area contributed by atoms with E-state index in [1.165, 1.54) is 13.0 Å². The van der Waals surface area contributed by atoms with Gasteiger partial charge in [0.25, 0.3) is 5.91 Å². The molecule has 3 atom stereocenters. The van der Waals surface area contributed by atoms with Gasteiger partial charge < -0.3 is 20.3 Å². The van der Waals surface area contributed by atoms with Crippen molar-refractivity contribution >= 4 is 17.8 Å². The fourth-order valence-electron chi connectivity index (χ4n) is 2.69. The number of nitrogens with one attached hydrogen (secondary N) is 1. The first-order chi connectivity index (χ1) is 9.40. The van der Waals surface area contributed by atoms with E-state index in [0.717, 1.165) is 4.90 Å². The first-order valence-corrected chi connectivity index (χ1v) is 6.22. The summed E-state index contributed by atoms with van der Waals surface area (Å²) in [5.74, 6) is -2.10. The standard InChI is InChI=1S/C12H16N2O6/c1-3-12(11(18)19)7(4-5-15)20-10-8(13-6(2)16)9(17)14(10)12/h4,8,10,15H,3,5H2,1-2H3,(H,13,16)(H,18,19)/b7-4-/t8?,10-,12-/m1/s1. The highest BCUT2D eigenvalue weighted by Crippen LogP contribution is 2.46. The Balaban J connectivity index is 2.39. The summed E-state index contributed by atoms with van der Waals surface area (Å²) in [7, 11) is 0. The Morgan fingerprint density at radius 1 is 1.55 bits per heavy atom. The van der Waals surface area contributed by atoms with Gasteiger partial charge in [-0.25, -0.2) is 4.79 Å². The van der Waals surface area contributed by atoms with Gasteiger partial charge in [-0.1, -0.05) is 6.92 Å². The molecule has 2 rings (SSSR count). The number of β-lactam (4-membered cyclic amide) rings is 1. The van der Waals surface area contributed by atoms with Crippen LogP contribution in [-0.4, -0.2) is 57.3 Å². The number of aliphatic carboxylic acids is 1. The number of carbonyl (C=O) groups excluding carboxylic acids is 2. The quantitative estimate of drug-likeness (QED) is 0.558. The van der Waals surface area contributed by atoms with Crippen molar-refractivity contribution in [1.29, 1.82) is 0 Å². The number of carbonyl (C=O) groups is 3. The van der Waals surface area contributed by atoms with E-state index >= 15 is 0 Å².